The molecule has 0 aliphatic carbocycles. The van der Waals surface area contributed by atoms with Crippen LogP contribution in [0.3, 0.4) is 0 Å². The number of aryl methyl sites for hydroxylation is 2. The van der Waals surface area contributed by atoms with Crippen molar-refractivity contribution in [3.05, 3.63) is 93.7 Å². The largest absolute Gasteiger partial charge is 0.451 e. The second kappa shape index (κ2) is 8.43. The molecule has 164 valence electrons. The summed E-state index contributed by atoms with van der Waals surface area (Å²) in [5, 5.41) is 3.71. The van der Waals surface area contributed by atoms with Crippen LogP contribution >= 0.6 is 23.2 Å². The molecule has 3 aromatic carbocycles. The van der Waals surface area contributed by atoms with Gasteiger partial charge in [-0.1, -0.05) is 40.9 Å². The molecule has 0 spiro atoms. The van der Waals surface area contributed by atoms with Crippen LogP contribution in [-0.4, -0.2) is 10.9 Å². The number of benzene rings is 3. The van der Waals surface area contributed by atoms with Crippen LogP contribution in [0.1, 0.15) is 21.7 Å². The monoisotopic (exact) mass is 476 g/mol. The van der Waals surface area contributed by atoms with Crippen LogP contribution in [0, 0.1) is 13.8 Å². The number of hydrogen-bond acceptors (Lipinski definition) is 4. The molecule has 0 fully saturated rings. The Morgan fingerprint density at radius 1 is 0.879 bits per heavy atom. The zero-order chi connectivity index (χ0) is 23.1. The lowest BCUT2D eigenvalue weighted by molar-refractivity contribution is 0.0997. The van der Waals surface area contributed by atoms with E-state index in [9.17, 15) is 4.79 Å². The second-order valence-electron chi connectivity index (χ2n) is 7.77. The van der Waals surface area contributed by atoms with Crippen molar-refractivity contribution in [1.82, 2.24) is 4.98 Å². The molecule has 0 atom stereocenters. The van der Waals surface area contributed by atoms with Gasteiger partial charge in [-0.15, -0.1) is 0 Å². The standard InChI is InChI=1S/C26H18Cl2N2O3/c1-14-3-6-18(15(2)11-14)26-30-21-13-17(5-8-23(21)33-26)29-25(31)24-10-9-22(32-24)16-4-7-19(27)20(28)12-16/h3-13H,1-2H3,(H,29,31). The summed E-state index contributed by atoms with van der Waals surface area (Å²) < 4.78 is 11.7. The molecule has 5 aromatic rings. The number of carbonyl (C=O) groups excluding carboxylic acids is 1. The van der Waals surface area contributed by atoms with Crippen molar-refractivity contribution in [1.29, 1.82) is 0 Å². The molecule has 1 amide bonds. The molecular weight excluding hydrogens is 459 g/mol. The number of anilines is 1. The number of fused-ring (bicyclic) bond motifs is 1. The Labute approximate surface area is 200 Å². The Bertz CT molecular complexity index is 1520. The summed E-state index contributed by atoms with van der Waals surface area (Å²) in [6, 6.07) is 19.9. The summed E-state index contributed by atoms with van der Waals surface area (Å²) in [5.41, 5.74) is 5.81. The smallest absolute Gasteiger partial charge is 0.291 e. The van der Waals surface area contributed by atoms with Crippen LogP contribution in [0.25, 0.3) is 33.9 Å². The van der Waals surface area contributed by atoms with Crippen LogP contribution in [0.4, 0.5) is 5.69 Å². The third-order valence-corrected chi connectivity index (χ3v) is 6.03. The highest BCUT2D eigenvalue weighted by Crippen LogP contribution is 2.31. The van der Waals surface area contributed by atoms with Gasteiger partial charge < -0.3 is 14.2 Å². The van der Waals surface area contributed by atoms with E-state index >= 15 is 0 Å². The van der Waals surface area contributed by atoms with E-state index in [0.717, 1.165) is 16.7 Å². The number of rotatable bonds is 4. The fourth-order valence-corrected chi connectivity index (χ4v) is 3.93. The van der Waals surface area contributed by atoms with Crippen LogP contribution in [0.5, 0.6) is 0 Å². The van der Waals surface area contributed by atoms with E-state index < -0.39 is 0 Å². The molecule has 0 saturated heterocycles. The molecule has 0 bridgehead atoms. The molecule has 33 heavy (non-hydrogen) atoms. The van der Waals surface area contributed by atoms with Crippen molar-refractivity contribution in [2.75, 3.05) is 5.32 Å². The van der Waals surface area contributed by atoms with Gasteiger partial charge in [0.05, 0.1) is 10.0 Å². The molecule has 0 unspecified atom stereocenters. The zero-order valence-corrected chi connectivity index (χ0v) is 19.3. The van der Waals surface area contributed by atoms with Gasteiger partial charge >= 0.3 is 0 Å². The lowest BCUT2D eigenvalue weighted by Crippen LogP contribution is -2.10. The molecule has 2 aromatic heterocycles. The quantitative estimate of drug-likeness (QED) is 0.285. The third kappa shape index (κ3) is 4.25. The highest BCUT2D eigenvalue weighted by Gasteiger charge is 2.15. The maximum atomic E-state index is 12.7. The van der Waals surface area contributed by atoms with Gasteiger partial charge in [-0.2, -0.15) is 0 Å². The van der Waals surface area contributed by atoms with E-state index in [2.05, 4.69) is 16.4 Å². The number of halogens is 2. The number of hydrogen-bond donors (Lipinski definition) is 1. The molecule has 5 nitrogen and oxygen atoms in total. The Balaban J connectivity index is 1.37. The molecule has 0 aliphatic rings. The Hall–Kier alpha value is -3.54. The predicted octanol–water partition coefficient (Wildman–Crippen LogP) is 7.93. The average molecular weight is 477 g/mol. The minimum absolute atomic E-state index is 0.173. The topological polar surface area (TPSA) is 68.3 Å². The van der Waals surface area contributed by atoms with Crippen LogP contribution in [0.15, 0.2) is 75.6 Å². The molecule has 0 aliphatic heterocycles. The maximum absolute atomic E-state index is 12.7. The first kappa shape index (κ1) is 21.3. The third-order valence-electron chi connectivity index (χ3n) is 5.29. The summed E-state index contributed by atoms with van der Waals surface area (Å²) in [5.74, 6) is 0.859. The lowest BCUT2D eigenvalue weighted by atomic mass is 10.1. The predicted molar refractivity (Wildman–Crippen MR) is 131 cm³/mol. The summed E-state index contributed by atoms with van der Waals surface area (Å²) >= 11 is 12.0. The highest BCUT2D eigenvalue weighted by molar-refractivity contribution is 6.42. The summed E-state index contributed by atoms with van der Waals surface area (Å²) in [6.07, 6.45) is 0. The average Bonchev–Trinajstić information content (AvgIpc) is 3.43. The van der Waals surface area contributed by atoms with Crippen molar-refractivity contribution in [2.24, 2.45) is 0 Å². The number of amides is 1. The normalized spacial score (nSPS) is 11.2. The first-order chi connectivity index (χ1) is 15.9. The zero-order valence-electron chi connectivity index (χ0n) is 17.8. The molecule has 5 rings (SSSR count). The Morgan fingerprint density at radius 2 is 1.73 bits per heavy atom. The van der Waals surface area contributed by atoms with E-state index in [1.54, 1.807) is 48.5 Å². The van der Waals surface area contributed by atoms with Gasteiger partial charge in [-0.05, 0) is 74.0 Å². The molecule has 2 heterocycles. The van der Waals surface area contributed by atoms with Gasteiger partial charge in [0.25, 0.3) is 5.91 Å². The summed E-state index contributed by atoms with van der Waals surface area (Å²) in [6.45, 7) is 4.07. The van der Waals surface area contributed by atoms with Crippen molar-refractivity contribution in [2.45, 2.75) is 13.8 Å². The number of nitrogens with one attached hydrogen (secondary N) is 1. The Morgan fingerprint density at radius 3 is 2.52 bits per heavy atom. The number of furan rings is 1. The molecule has 1 N–H and O–H groups in total. The van der Waals surface area contributed by atoms with Gasteiger partial charge in [0.1, 0.15) is 11.3 Å². The number of nitrogens with zero attached hydrogens (tertiary/aromatic N) is 1. The van der Waals surface area contributed by atoms with Gasteiger partial charge in [-0.3, -0.25) is 4.79 Å². The summed E-state index contributed by atoms with van der Waals surface area (Å²) in [4.78, 5) is 17.3. The van der Waals surface area contributed by atoms with Gasteiger partial charge in [0, 0.05) is 16.8 Å². The summed E-state index contributed by atoms with van der Waals surface area (Å²) in [7, 11) is 0. The van der Waals surface area contributed by atoms with Crippen LogP contribution in [0.2, 0.25) is 10.0 Å². The van der Waals surface area contributed by atoms with Crippen molar-refractivity contribution in [3.63, 3.8) is 0 Å². The van der Waals surface area contributed by atoms with E-state index in [1.807, 2.05) is 26.0 Å². The van der Waals surface area contributed by atoms with Crippen LogP contribution < -0.4 is 5.32 Å². The van der Waals surface area contributed by atoms with Gasteiger partial charge in [0.2, 0.25) is 5.89 Å². The highest BCUT2D eigenvalue weighted by atomic mass is 35.5. The number of aromatic nitrogens is 1. The number of oxazole rings is 1. The second-order valence-corrected chi connectivity index (χ2v) is 8.58. The fourth-order valence-electron chi connectivity index (χ4n) is 3.63. The van der Waals surface area contributed by atoms with Gasteiger partial charge in [-0.25, -0.2) is 4.98 Å². The first-order valence-electron chi connectivity index (χ1n) is 10.2. The van der Waals surface area contributed by atoms with Crippen LogP contribution in [-0.2, 0) is 0 Å². The van der Waals surface area contributed by atoms with Crippen molar-refractivity contribution < 1.29 is 13.6 Å². The molecule has 0 radical (unpaired) electrons. The van der Waals surface area contributed by atoms with E-state index in [1.165, 1.54) is 5.56 Å². The van der Waals surface area contributed by atoms with Crippen molar-refractivity contribution in [3.8, 4) is 22.8 Å². The van der Waals surface area contributed by atoms with E-state index in [4.69, 9.17) is 32.0 Å². The molecule has 0 saturated carbocycles. The van der Waals surface area contributed by atoms with Crippen molar-refractivity contribution >= 4 is 45.9 Å². The van der Waals surface area contributed by atoms with E-state index in [-0.39, 0.29) is 11.7 Å². The minimum Gasteiger partial charge on any atom is -0.451 e. The maximum Gasteiger partial charge on any atom is 0.291 e. The number of carbonyl (C=O) groups is 1. The van der Waals surface area contributed by atoms with E-state index in [0.29, 0.717) is 38.5 Å². The SMILES string of the molecule is Cc1ccc(-c2nc3cc(NC(=O)c4ccc(-c5ccc(Cl)c(Cl)c5)o4)ccc3o2)c(C)c1. The Kier molecular flexibility index (Phi) is 5.44. The minimum atomic E-state index is -0.376. The molecular formula is C26H18Cl2N2O3. The fraction of sp³-hybridized carbons (Fsp3) is 0.0769. The lowest BCUT2D eigenvalue weighted by Gasteiger charge is -2.03. The first-order valence-corrected chi connectivity index (χ1v) is 11.0. The molecule has 7 heteroatoms. The van der Waals surface area contributed by atoms with Gasteiger partial charge in [0.15, 0.2) is 11.3 Å².